The molecule has 2 aromatic rings. The lowest BCUT2D eigenvalue weighted by molar-refractivity contribution is -0.121. The zero-order chi connectivity index (χ0) is 16.4. The molecule has 118 valence electrons. The van der Waals surface area contributed by atoms with Crippen LogP contribution in [0.2, 0.25) is 0 Å². The van der Waals surface area contributed by atoms with Crippen molar-refractivity contribution in [1.29, 1.82) is 0 Å². The maximum absolute atomic E-state index is 12.4. The number of nitrogens with zero attached hydrogens (tertiary/aromatic N) is 2. The number of amidine groups is 1. The molecule has 1 amide bonds. The maximum atomic E-state index is 12.4. The predicted molar refractivity (Wildman–Crippen MR) is 94.4 cm³/mol. The fraction of sp³-hybridized carbons (Fsp3) is 0.278. The largest absolute Gasteiger partial charge is 0.304 e. The minimum absolute atomic E-state index is 0.00168. The highest BCUT2D eigenvalue weighted by Gasteiger charge is 2.44. The number of hydrogen-bond donors (Lipinski definition) is 1. The Labute approximate surface area is 140 Å². The molecule has 23 heavy (non-hydrogen) atoms. The van der Waals surface area contributed by atoms with Crippen LogP contribution in [0.15, 0.2) is 53.8 Å². The number of aromatic nitrogens is 1. The van der Waals surface area contributed by atoms with Gasteiger partial charge < -0.3 is 5.32 Å². The van der Waals surface area contributed by atoms with Gasteiger partial charge in [0.25, 0.3) is 0 Å². The average molecular weight is 325 g/mol. The number of benzene rings is 1. The second kappa shape index (κ2) is 6.16. The van der Waals surface area contributed by atoms with E-state index in [4.69, 9.17) is 0 Å². The normalized spacial score (nSPS) is 23.8. The molecule has 1 saturated heterocycles. The molecule has 2 heterocycles. The Morgan fingerprint density at radius 3 is 2.48 bits per heavy atom. The molecule has 1 N–H and O–H groups in total. The van der Waals surface area contributed by atoms with Gasteiger partial charge in [0.15, 0.2) is 5.17 Å². The number of carbonyl (C=O) groups excluding carboxylic acids is 1. The SMILES string of the molecule is Cc1ccc(C(C)N=C2NC(=O)[C@@](C)(c3ccncc3)S2)cc1. The number of aryl methyl sites for hydroxylation is 1. The van der Waals surface area contributed by atoms with Crippen molar-refractivity contribution in [2.24, 2.45) is 4.99 Å². The summed E-state index contributed by atoms with van der Waals surface area (Å²) in [6, 6.07) is 12.1. The molecule has 4 nitrogen and oxygen atoms in total. The van der Waals surface area contributed by atoms with E-state index in [1.807, 2.05) is 26.0 Å². The Balaban J connectivity index is 1.83. The van der Waals surface area contributed by atoms with Crippen molar-refractivity contribution >= 4 is 22.8 Å². The monoisotopic (exact) mass is 325 g/mol. The van der Waals surface area contributed by atoms with E-state index in [2.05, 4.69) is 46.5 Å². The standard InChI is InChI=1S/C18H19N3OS/c1-12-4-6-14(7-5-12)13(2)20-17-21-16(22)18(3,23-17)15-8-10-19-11-9-15/h4-11,13H,1-3H3,(H,20,21,22)/t13?,18-/m1/s1. The molecule has 1 aromatic heterocycles. The van der Waals surface area contributed by atoms with Crippen LogP contribution in [0.3, 0.4) is 0 Å². The van der Waals surface area contributed by atoms with Crippen LogP contribution in [0, 0.1) is 6.92 Å². The summed E-state index contributed by atoms with van der Waals surface area (Å²) in [5.41, 5.74) is 3.29. The molecule has 1 aliphatic heterocycles. The number of thioether (sulfide) groups is 1. The number of rotatable bonds is 3. The molecule has 1 unspecified atom stereocenters. The zero-order valence-corrected chi connectivity index (χ0v) is 14.2. The summed E-state index contributed by atoms with van der Waals surface area (Å²) >= 11 is 1.46. The molecule has 1 fully saturated rings. The first-order valence-electron chi connectivity index (χ1n) is 7.54. The molecule has 0 radical (unpaired) electrons. The van der Waals surface area contributed by atoms with E-state index in [-0.39, 0.29) is 11.9 Å². The van der Waals surface area contributed by atoms with E-state index in [1.165, 1.54) is 17.3 Å². The summed E-state index contributed by atoms with van der Waals surface area (Å²) in [7, 11) is 0. The van der Waals surface area contributed by atoms with E-state index < -0.39 is 4.75 Å². The molecular formula is C18H19N3OS. The third kappa shape index (κ3) is 3.15. The molecule has 0 aliphatic carbocycles. The van der Waals surface area contributed by atoms with Crippen LogP contribution in [0.1, 0.15) is 36.6 Å². The highest BCUT2D eigenvalue weighted by atomic mass is 32.2. The third-order valence-corrected chi connectivity index (χ3v) is 5.29. The molecular weight excluding hydrogens is 306 g/mol. The summed E-state index contributed by atoms with van der Waals surface area (Å²) in [6.45, 7) is 6.02. The van der Waals surface area contributed by atoms with Crippen molar-refractivity contribution in [1.82, 2.24) is 10.3 Å². The van der Waals surface area contributed by atoms with E-state index in [0.717, 1.165) is 11.1 Å². The molecule has 0 spiro atoms. The van der Waals surface area contributed by atoms with Crippen LogP contribution in [0.4, 0.5) is 0 Å². The molecule has 1 aromatic carbocycles. The summed E-state index contributed by atoms with van der Waals surface area (Å²) in [5.74, 6) is -0.0384. The summed E-state index contributed by atoms with van der Waals surface area (Å²) in [6.07, 6.45) is 3.41. The smallest absolute Gasteiger partial charge is 0.246 e. The van der Waals surface area contributed by atoms with Gasteiger partial charge in [0.1, 0.15) is 4.75 Å². The quantitative estimate of drug-likeness (QED) is 0.938. The first-order valence-corrected chi connectivity index (χ1v) is 8.36. The van der Waals surface area contributed by atoms with Crippen LogP contribution in [0.25, 0.3) is 0 Å². The van der Waals surface area contributed by atoms with E-state index >= 15 is 0 Å². The van der Waals surface area contributed by atoms with Gasteiger partial charge in [-0.2, -0.15) is 0 Å². The van der Waals surface area contributed by atoms with Crippen molar-refractivity contribution in [3.05, 3.63) is 65.5 Å². The number of carbonyl (C=O) groups is 1. The van der Waals surface area contributed by atoms with Gasteiger partial charge >= 0.3 is 0 Å². The fourth-order valence-corrected chi connectivity index (χ4v) is 3.63. The minimum Gasteiger partial charge on any atom is -0.304 e. The fourth-order valence-electron chi connectivity index (χ4n) is 2.50. The van der Waals surface area contributed by atoms with Gasteiger partial charge in [0.2, 0.25) is 5.91 Å². The highest BCUT2D eigenvalue weighted by Crippen LogP contribution is 2.41. The van der Waals surface area contributed by atoms with Crippen molar-refractivity contribution in [2.75, 3.05) is 0 Å². The van der Waals surface area contributed by atoms with Gasteiger partial charge in [-0.05, 0) is 44.0 Å². The van der Waals surface area contributed by atoms with Gasteiger partial charge in [-0.1, -0.05) is 41.6 Å². The summed E-state index contributed by atoms with van der Waals surface area (Å²) in [4.78, 5) is 21.1. The number of nitrogens with one attached hydrogen (secondary N) is 1. The van der Waals surface area contributed by atoms with Gasteiger partial charge in [0, 0.05) is 12.4 Å². The Morgan fingerprint density at radius 1 is 1.17 bits per heavy atom. The number of aliphatic imine (C=N–C) groups is 1. The number of hydrogen-bond acceptors (Lipinski definition) is 4. The number of pyridine rings is 1. The number of amides is 1. The van der Waals surface area contributed by atoms with Gasteiger partial charge in [-0.25, -0.2) is 0 Å². The predicted octanol–water partition coefficient (Wildman–Crippen LogP) is 3.59. The second-order valence-electron chi connectivity index (χ2n) is 5.85. The van der Waals surface area contributed by atoms with Crippen molar-refractivity contribution < 1.29 is 4.79 Å². The van der Waals surface area contributed by atoms with Crippen LogP contribution in [-0.2, 0) is 9.54 Å². The van der Waals surface area contributed by atoms with Gasteiger partial charge in [-0.3, -0.25) is 14.8 Å². The lowest BCUT2D eigenvalue weighted by Gasteiger charge is -2.18. The van der Waals surface area contributed by atoms with E-state index in [9.17, 15) is 4.79 Å². The first kappa shape index (κ1) is 15.7. The van der Waals surface area contributed by atoms with Gasteiger partial charge in [0.05, 0.1) is 6.04 Å². The van der Waals surface area contributed by atoms with Crippen LogP contribution >= 0.6 is 11.8 Å². The zero-order valence-electron chi connectivity index (χ0n) is 13.4. The van der Waals surface area contributed by atoms with Crippen LogP contribution in [0.5, 0.6) is 0 Å². The molecule has 2 atom stereocenters. The molecule has 1 aliphatic rings. The molecule has 3 rings (SSSR count). The van der Waals surface area contributed by atoms with E-state index in [1.54, 1.807) is 12.4 Å². The Kier molecular flexibility index (Phi) is 4.22. The topological polar surface area (TPSA) is 54.4 Å². The molecule has 0 bridgehead atoms. The summed E-state index contributed by atoms with van der Waals surface area (Å²) in [5, 5.41) is 3.58. The van der Waals surface area contributed by atoms with Crippen molar-refractivity contribution in [2.45, 2.75) is 31.6 Å². The Hall–Kier alpha value is -2.14. The van der Waals surface area contributed by atoms with E-state index in [0.29, 0.717) is 5.17 Å². The van der Waals surface area contributed by atoms with Crippen molar-refractivity contribution in [3.63, 3.8) is 0 Å². The van der Waals surface area contributed by atoms with Crippen molar-refractivity contribution in [3.8, 4) is 0 Å². The average Bonchev–Trinajstić information content (AvgIpc) is 2.84. The molecule has 5 heteroatoms. The second-order valence-corrected chi connectivity index (χ2v) is 7.25. The third-order valence-electron chi connectivity index (χ3n) is 4.06. The molecule has 0 saturated carbocycles. The first-order chi connectivity index (χ1) is 11.0. The summed E-state index contributed by atoms with van der Waals surface area (Å²) < 4.78 is -0.658. The lowest BCUT2D eigenvalue weighted by Crippen LogP contribution is -2.31. The lowest BCUT2D eigenvalue weighted by atomic mass is 10.0. The highest BCUT2D eigenvalue weighted by molar-refractivity contribution is 8.15. The van der Waals surface area contributed by atoms with Crippen LogP contribution in [-0.4, -0.2) is 16.1 Å². The van der Waals surface area contributed by atoms with Gasteiger partial charge in [-0.15, -0.1) is 0 Å². The maximum Gasteiger partial charge on any atom is 0.246 e. The minimum atomic E-state index is -0.658. The Bertz CT molecular complexity index is 743. The van der Waals surface area contributed by atoms with Crippen LogP contribution < -0.4 is 5.32 Å². The Morgan fingerprint density at radius 2 is 1.83 bits per heavy atom.